The molecule has 7 nitrogen and oxygen atoms in total. The molecule has 0 radical (unpaired) electrons. The van der Waals surface area contributed by atoms with Crippen molar-refractivity contribution in [2.45, 2.75) is 31.9 Å². The number of amides is 1. The van der Waals surface area contributed by atoms with E-state index in [9.17, 15) is 4.79 Å². The van der Waals surface area contributed by atoms with Gasteiger partial charge in [0.25, 0.3) is 0 Å². The molecule has 2 aliphatic heterocycles. The number of methoxy groups -OCH3 is 2. The smallest absolute Gasteiger partial charge is 0.231 e. The summed E-state index contributed by atoms with van der Waals surface area (Å²) in [5, 5.41) is 0. The maximum Gasteiger partial charge on any atom is 0.231 e. The highest BCUT2D eigenvalue weighted by Gasteiger charge is 2.41. The van der Waals surface area contributed by atoms with Gasteiger partial charge in [0.2, 0.25) is 18.4 Å². The monoisotopic (exact) mass is 487 g/mol. The molecule has 1 fully saturated rings. The minimum Gasteiger partial charge on any atom is -0.493 e. The van der Waals surface area contributed by atoms with Crippen LogP contribution in [0.25, 0.3) is 0 Å². The highest BCUT2D eigenvalue weighted by Crippen LogP contribution is 2.48. The van der Waals surface area contributed by atoms with Gasteiger partial charge in [0.15, 0.2) is 23.0 Å². The maximum atomic E-state index is 13.4. The molecule has 0 N–H and O–H groups in total. The molecule has 6 rings (SSSR count). The van der Waals surface area contributed by atoms with Crippen LogP contribution in [0, 0.1) is 5.92 Å². The Morgan fingerprint density at radius 1 is 0.972 bits per heavy atom. The molecule has 3 aliphatic rings. The first-order valence-corrected chi connectivity index (χ1v) is 12.3. The summed E-state index contributed by atoms with van der Waals surface area (Å²) in [6.45, 7) is 1.24. The number of nitrogens with zero attached hydrogens (tertiary/aromatic N) is 1. The third kappa shape index (κ3) is 4.08. The molecule has 2 heterocycles. The molecular formula is C29H29NO6. The molecule has 3 aromatic rings. The number of hydrogen-bond acceptors (Lipinski definition) is 6. The lowest BCUT2D eigenvalue weighted by molar-refractivity contribution is -0.134. The van der Waals surface area contributed by atoms with Gasteiger partial charge >= 0.3 is 0 Å². The van der Waals surface area contributed by atoms with Crippen LogP contribution in [0.4, 0.5) is 0 Å². The van der Waals surface area contributed by atoms with Crippen LogP contribution >= 0.6 is 0 Å². The minimum atomic E-state index is -0.290. The number of fused-ring (bicyclic) bond motifs is 2. The number of ether oxygens (including phenoxy) is 5. The van der Waals surface area contributed by atoms with E-state index in [1.165, 1.54) is 0 Å². The van der Waals surface area contributed by atoms with Crippen LogP contribution in [-0.4, -0.2) is 38.4 Å². The molecule has 7 heteroatoms. The first-order chi connectivity index (χ1) is 17.7. The molecule has 1 amide bonds. The second-order valence-electron chi connectivity index (χ2n) is 9.39. The van der Waals surface area contributed by atoms with Crippen molar-refractivity contribution in [3.05, 3.63) is 76.9 Å². The number of carbonyl (C=O) groups is 1. The number of carbonyl (C=O) groups excluding carboxylic acids is 1. The van der Waals surface area contributed by atoms with Crippen molar-refractivity contribution in [2.75, 3.05) is 27.6 Å². The van der Waals surface area contributed by atoms with E-state index in [0.29, 0.717) is 36.1 Å². The summed E-state index contributed by atoms with van der Waals surface area (Å²) in [6, 6.07) is 17.7. The number of benzene rings is 3. The van der Waals surface area contributed by atoms with Gasteiger partial charge in [-0.15, -0.1) is 0 Å². The van der Waals surface area contributed by atoms with Gasteiger partial charge in [-0.05, 0) is 65.8 Å². The Kier molecular flexibility index (Phi) is 5.83. The van der Waals surface area contributed by atoms with E-state index < -0.39 is 0 Å². The van der Waals surface area contributed by atoms with E-state index in [2.05, 4.69) is 6.07 Å². The predicted octanol–water partition coefficient (Wildman–Crippen LogP) is 4.90. The van der Waals surface area contributed by atoms with Crippen molar-refractivity contribution in [2.24, 2.45) is 5.92 Å². The zero-order chi connectivity index (χ0) is 24.6. The zero-order valence-corrected chi connectivity index (χ0v) is 20.5. The highest BCUT2D eigenvalue weighted by atomic mass is 16.7. The lowest BCUT2D eigenvalue weighted by Crippen LogP contribution is -2.41. The Bertz CT molecular complexity index is 1260. The van der Waals surface area contributed by atoms with E-state index in [4.69, 9.17) is 23.7 Å². The standard InChI is InChI=1S/C29H29NO6/c1-32-25-13-21(14-26(33-2)28(25)34-16-18-6-4-3-5-7-18)27-22-15-24-23(35-17-36-24)12-20(22)10-11-30(27)29(31)19-8-9-19/h3-7,12-15,19,27H,8-11,16-17H2,1-2H3. The molecule has 3 aromatic carbocycles. The van der Waals surface area contributed by atoms with Crippen molar-refractivity contribution in [1.82, 2.24) is 4.90 Å². The third-order valence-corrected chi connectivity index (χ3v) is 7.10. The summed E-state index contributed by atoms with van der Waals surface area (Å²) in [5.41, 5.74) is 4.15. The fourth-order valence-corrected chi connectivity index (χ4v) is 5.10. The topological polar surface area (TPSA) is 66.5 Å². The van der Waals surface area contributed by atoms with Gasteiger partial charge in [0.05, 0.1) is 20.3 Å². The van der Waals surface area contributed by atoms with Crippen molar-refractivity contribution < 1.29 is 28.5 Å². The van der Waals surface area contributed by atoms with E-state index in [-0.39, 0.29) is 24.7 Å². The first kappa shape index (κ1) is 22.6. The van der Waals surface area contributed by atoms with Crippen LogP contribution in [0.2, 0.25) is 0 Å². The van der Waals surface area contributed by atoms with Crippen LogP contribution in [0.15, 0.2) is 54.6 Å². The summed E-state index contributed by atoms with van der Waals surface area (Å²) >= 11 is 0. The summed E-state index contributed by atoms with van der Waals surface area (Å²) in [4.78, 5) is 15.4. The second kappa shape index (κ2) is 9.30. The predicted molar refractivity (Wildman–Crippen MR) is 133 cm³/mol. The van der Waals surface area contributed by atoms with Gasteiger partial charge < -0.3 is 28.6 Å². The molecule has 0 aromatic heterocycles. The molecule has 1 unspecified atom stereocenters. The van der Waals surface area contributed by atoms with Crippen molar-refractivity contribution in [1.29, 1.82) is 0 Å². The second-order valence-corrected chi connectivity index (χ2v) is 9.39. The van der Waals surface area contributed by atoms with E-state index >= 15 is 0 Å². The first-order valence-electron chi connectivity index (χ1n) is 12.3. The molecule has 0 spiro atoms. The van der Waals surface area contributed by atoms with Crippen LogP contribution < -0.4 is 23.7 Å². The maximum absolute atomic E-state index is 13.4. The van der Waals surface area contributed by atoms with Gasteiger partial charge in [-0.3, -0.25) is 4.79 Å². The fraction of sp³-hybridized carbons (Fsp3) is 0.345. The van der Waals surface area contributed by atoms with Gasteiger partial charge in [0, 0.05) is 12.5 Å². The average molecular weight is 488 g/mol. The summed E-state index contributed by atoms with van der Waals surface area (Å²) in [7, 11) is 3.24. The SMILES string of the molecule is COc1cc(C2c3cc4c(cc3CCN2C(=O)C2CC2)OCO4)cc(OC)c1OCc1ccccc1. The van der Waals surface area contributed by atoms with E-state index in [0.717, 1.165) is 47.3 Å². The number of hydrogen-bond donors (Lipinski definition) is 0. The molecule has 36 heavy (non-hydrogen) atoms. The Morgan fingerprint density at radius 3 is 2.33 bits per heavy atom. The molecule has 1 saturated carbocycles. The molecule has 1 aliphatic carbocycles. The van der Waals surface area contributed by atoms with Crippen molar-refractivity contribution >= 4 is 5.91 Å². The van der Waals surface area contributed by atoms with E-state index in [1.807, 2.05) is 53.4 Å². The Labute approximate surface area is 210 Å². The van der Waals surface area contributed by atoms with Gasteiger partial charge in [-0.2, -0.15) is 0 Å². The zero-order valence-electron chi connectivity index (χ0n) is 20.5. The van der Waals surface area contributed by atoms with Crippen LogP contribution in [0.1, 0.15) is 41.1 Å². The van der Waals surface area contributed by atoms with Crippen LogP contribution in [-0.2, 0) is 17.8 Å². The minimum absolute atomic E-state index is 0.111. The van der Waals surface area contributed by atoms with Gasteiger partial charge in [-0.1, -0.05) is 30.3 Å². The van der Waals surface area contributed by atoms with Gasteiger partial charge in [-0.25, -0.2) is 0 Å². The van der Waals surface area contributed by atoms with Crippen molar-refractivity contribution in [3.63, 3.8) is 0 Å². The molecule has 1 atom stereocenters. The highest BCUT2D eigenvalue weighted by molar-refractivity contribution is 5.82. The molecular weight excluding hydrogens is 458 g/mol. The quantitative estimate of drug-likeness (QED) is 0.473. The van der Waals surface area contributed by atoms with Crippen LogP contribution in [0.5, 0.6) is 28.7 Å². The van der Waals surface area contributed by atoms with Crippen LogP contribution in [0.3, 0.4) is 0 Å². The Balaban J connectivity index is 1.42. The summed E-state index contributed by atoms with van der Waals surface area (Å²) < 4.78 is 29.0. The largest absolute Gasteiger partial charge is 0.493 e. The summed E-state index contributed by atoms with van der Waals surface area (Å²) in [6.07, 6.45) is 2.68. The molecule has 186 valence electrons. The van der Waals surface area contributed by atoms with Crippen molar-refractivity contribution in [3.8, 4) is 28.7 Å². The lowest BCUT2D eigenvalue weighted by atomic mass is 9.87. The fourth-order valence-electron chi connectivity index (χ4n) is 5.10. The summed E-state index contributed by atoms with van der Waals surface area (Å²) in [5.74, 6) is 3.44. The Hall–Kier alpha value is -3.87. The molecule has 0 saturated heterocycles. The third-order valence-electron chi connectivity index (χ3n) is 7.10. The number of rotatable bonds is 7. The average Bonchev–Trinajstić information content (AvgIpc) is 3.67. The lowest BCUT2D eigenvalue weighted by Gasteiger charge is -2.38. The van der Waals surface area contributed by atoms with Gasteiger partial charge in [0.1, 0.15) is 6.61 Å². The van der Waals surface area contributed by atoms with E-state index in [1.54, 1.807) is 14.2 Å². The normalized spacial score (nSPS) is 17.9. The Morgan fingerprint density at radius 2 is 1.67 bits per heavy atom. The molecule has 0 bridgehead atoms.